The van der Waals surface area contributed by atoms with Crippen molar-refractivity contribution < 1.29 is 9.53 Å². The van der Waals surface area contributed by atoms with Crippen LogP contribution in [0.3, 0.4) is 0 Å². The van der Waals surface area contributed by atoms with Gasteiger partial charge in [0, 0.05) is 0 Å². The Morgan fingerprint density at radius 2 is 1.03 bits per heavy atom. The van der Waals surface area contributed by atoms with Crippen LogP contribution in [0.1, 0.15) is 21.5 Å². The minimum absolute atomic E-state index is 0.321. The minimum Gasteiger partial charge on any atom is -0.465 e. The van der Waals surface area contributed by atoms with Crippen LogP contribution in [0.2, 0.25) is 0 Å². The highest BCUT2D eigenvalue weighted by molar-refractivity contribution is 6.11. The standard InChI is InChI=1S/C32H22O2/c1-34-32(33)27-17-16-26-15-14-25-11-9-22(19-30(25)31(26)20-27)7-6-21-8-10-24-13-12-23-4-2-3-5-28(23)29(24)18-21/h2-20H,1H3. The van der Waals surface area contributed by atoms with Gasteiger partial charge in [0.1, 0.15) is 0 Å². The van der Waals surface area contributed by atoms with Crippen LogP contribution in [-0.4, -0.2) is 13.1 Å². The van der Waals surface area contributed by atoms with Gasteiger partial charge in [-0.25, -0.2) is 4.79 Å². The van der Waals surface area contributed by atoms with Gasteiger partial charge in [-0.3, -0.25) is 0 Å². The van der Waals surface area contributed by atoms with E-state index in [1.165, 1.54) is 28.7 Å². The molecule has 0 saturated heterocycles. The molecule has 6 aromatic rings. The van der Waals surface area contributed by atoms with Gasteiger partial charge >= 0.3 is 5.97 Å². The van der Waals surface area contributed by atoms with E-state index in [0.717, 1.165) is 32.7 Å². The van der Waals surface area contributed by atoms with Gasteiger partial charge in [-0.1, -0.05) is 91.0 Å². The predicted octanol–water partition coefficient (Wildman–Crippen LogP) is 8.26. The lowest BCUT2D eigenvalue weighted by molar-refractivity contribution is 0.0601. The van der Waals surface area contributed by atoms with Crippen molar-refractivity contribution in [2.75, 3.05) is 7.11 Å². The zero-order valence-corrected chi connectivity index (χ0v) is 18.8. The normalized spacial score (nSPS) is 11.7. The van der Waals surface area contributed by atoms with Crippen molar-refractivity contribution in [2.24, 2.45) is 0 Å². The number of carbonyl (C=O) groups excluding carboxylic acids is 1. The van der Waals surface area contributed by atoms with Crippen LogP contribution in [0.25, 0.3) is 55.2 Å². The molecule has 0 aliphatic heterocycles. The van der Waals surface area contributed by atoms with Crippen LogP contribution in [0.4, 0.5) is 0 Å². The maximum absolute atomic E-state index is 12.1. The Morgan fingerprint density at radius 1 is 0.559 bits per heavy atom. The minimum atomic E-state index is -0.321. The molecule has 6 rings (SSSR count). The third-order valence-corrected chi connectivity index (χ3v) is 6.52. The Hall–Kier alpha value is -4.43. The average molecular weight is 439 g/mol. The maximum atomic E-state index is 12.1. The fourth-order valence-electron chi connectivity index (χ4n) is 4.73. The van der Waals surface area contributed by atoms with E-state index in [1.807, 2.05) is 18.2 Å². The Kier molecular flexibility index (Phi) is 4.85. The number of methoxy groups -OCH3 is 1. The molecule has 0 bridgehead atoms. The van der Waals surface area contributed by atoms with Gasteiger partial charge in [-0.15, -0.1) is 0 Å². The number of esters is 1. The average Bonchev–Trinajstić information content (AvgIpc) is 2.90. The molecule has 0 spiro atoms. The van der Waals surface area contributed by atoms with Crippen LogP contribution in [0, 0.1) is 0 Å². The highest BCUT2D eigenvalue weighted by Gasteiger charge is 2.08. The lowest BCUT2D eigenvalue weighted by atomic mass is 9.97. The van der Waals surface area contributed by atoms with Crippen LogP contribution < -0.4 is 0 Å². The van der Waals surface area contributed by atoms with E-state index in [1.54, 1.807) is 0 Å². The van der Waals surface area contributed by atoms with E-state index in [-0.39, 0.29) is 5.97 Å². The molecule has 0 fully saturated rings. The number of rotatable bonds is 3. The van der Waals surface area contributed by atoms with Crippen LogP contribution in [0.15, 0.2) is 103 Å². The predicted molar refractivity (Wildman–Crippen MR) is 143 cm³/mol. The summed E-state index contributed by atoms with van der Waals surface area (Å²) in [5.74, 6) is -0.321. The molecule has 0 heterocycles. The number of benzene rings is 6. The van der Waals surface area contributed by atoms with Gasteiger partial charge in [0.05, 0.1) is 12.7 Å². The molecule has 2 nitrogen and oxygen atoms in total. The summed E-state index contributed by atoms with van der Waals surface area (Å²) in [7, 11) is 1.41. The fraction of sp³-hybridized carbons (Fsp3) is 0.0312. The van der Waals surface area contributed by atoms with E-state index in [0.29, 0.717) is 5.56 Å². The topological polar surface area (TPSA) is 26.3 Å². The van der Waals surface area contributed by atoms with Gasteiger partial charge in [-0.2, -0.15) is 0 Å². The molecular formula is C32H22O2. The largest absolute Gasteiger partial charge is 0.465 e. The molecule has 0 radical (unpaired) electrons. The van der Waals surface area contributed by atoms with Gasteiger partial charge in [0.15, 0.2) is 0 Å². The molecule has 0 saturated carbocycles. The van der Waals surface area contributed by atoms with Crippen molar-refractivity contribution in [3.8, 4) is 0 Å². The van der Waals surface area contributed by atoms with Gasteiger partial charge in [0.2, 0.25) is 0 Å². The lowest BCUT2D eigenvalue weighted by Crippen LogP contribution is -2.00. The molecule has 0 atom stereocenters. The van der Waals surface area contributed by atoms with Crippen molar-refractivity contribution in [1.82, 2.24) is 0 Å². The molecule has 0 aromatic heterocycles. The van der Waals surface area contributed by atoms with Crippen LogP contribution in [0.5, 0.6) is 0 Å². The second-order valence-electron chi connectivity index (χ2n) is 8.57. The van der Waals surface area contributed by atoms with Gasteiger partial charge < -0.3 is 4.74 Å². The molecule has 0 amide bonds. The second-order valence-corrected chi connectivity index (χ2v) is 8.57. The smallest absolute Gasteiger partial charge is 0.337 e. The second kappa shape index (κ2) is 8.17. The van der Waals surface area contributed by atoms with Crippen molar-refractivity contribution in [1.29, 1.82) is 0 Å². The van der Waals surface area contributed by atoms with Gasteiger partial charge in [-0.05, 0) is 78.5 Å². The Bertz CT molecular complexity index is 1760. The summed E-state index contributed by atoms with van der Waals surface area (Å²) in [6.07, 6.45) is 4.31. The first-order valence-corrected chi connectivity index (χ1v) is 11.3. The quantitative estimate of drug-likeness (QED) is 0.158. The van der Waals surface area contributed by atoms with E-state index in [9.17, 15) is 4.79 Å². The Morgan fingerprint density at radius 3 is 1.65 bits per heavy atom. The summed E-state index contributed by atoms with van der Waals surface area (Å²) in [6.45, 7) is 0. The van der Waals surface area contributed by atoms with E-state index >= 15 is 0 Å². The fourth-order valence-corrected chi connectivity index (χ4v) is 4.73. The first-order chi connectivity index (χ1) is 16.7. The highest BCUT2D eigenvalue weighted by Crippen LogP contribution is 2.29. The summed E-state index contributed by atoms with van der Waals surface area (Å²) in [6, 6.07) is 35.8. The third kappa shape index (κ3) is 3.50. The molecule has 0 N–H and O–H groups in total. The van der Waals surface area contributed by atoms with Crippen molar-refractivity contribution in [3.63, 3.8) is 0 Å². The number of carbonyl (C=O) groups is 1. The number of hydrogen-bond acceptors (Lipinski definition) is 2. The third-order valence-electron chi connectivity index (χ3n) is 6.52. The Labute approximate surface area is 197 Å². The van der Waals surface area contributed by atoms with Gasteiger partial charge in [0.25, 0.3) is 0 Å². The van der Waals surface area contributed by atoms with E-state index < -0.39 is 0 Å². The summed E-state index contributed by atoms with van der Waals surface area (Å²) in [5, 5.41) is 9.45. The highest BCUT2D eigenvalue weighted by atomic mass is 16.5. The monoisotopic (exact) mass is 438 g/mol. The molecule has 2 heteroatoms. The van der Waals surface area contributed by atoms with Crippen molar-refractivity contribution >= 4 is 61.2 Å². The van der Waals surface area contributed by atoms with Crippen LogP contribution >= 0.6 is 0 Å². The maximum Gasteiger partial charge on any atom is 0.337 e. The molecule has 0 aliphatic rings. The number of hydrogen-bond donors (Lipinski definition) is 0. The first-order valence-electron chi connectivity index (χ1n) is 11.3. The Balaban J connectivity index is 1.43. The SMILES string of the molecule is COC(=O)c1ccc2ccc3ccc(C=Cc4ccc5ccc6ccccc6c5c4)cc3c2c1. The lowest BCUT2D eigenvalue weighted by Gasteiger charge is -2.07. The number of ether oxygens (including phenoxy) is 1. The molecule has 0 unspecified atom stereocenters. The van der Waals surface area contributed by atoms with Crippen molar-refractivity contribution in [3.05, 3.63) is 120 Å². The molecule has 34 heavy (non-hydrogen) atoms. The van der Waals surface area contributed by atoms with E-state index in [4.69, 9.17) is 4.74 Å². The summed E-state index contributed by atoms with van der Waals surface area (Å²) in [4.78, 5) is 12.1. The number of fused-ring (bicyclic) bond motifs is 6. The van der Waals surface area contributed by atoms with Crippen molar-refractivity contribution in [2.45, 2.75) is 0 Å². The zero-order chi connectivity index (χ0) is 23.1. The summed E-state index contributed by atoms with van der Waals surface area (Å²) >= 11 is 0. The summed E-state index contributed by atoms with van der Waals surface area (Å²) in [5.41, 5.74) is 2.84. The molecule has 0 aliphatic carbocycles. The van der Waals surface area contributed by atoms with E-state index in [2.05, 4.69) is 97.1 Å². The first kappa shape index (κ1) is 20.2. The zero-order valence-electron chi connectivity index (χ0n) is 18.8. The molecule has 6 aromatic carbocycles. The van der Waals surface area contributed by atoms with Crippen LogP contribution in [-0.2, 0) is 4.74 Å². The molecular weight excluding hydrogens is 416 g/mol. The molecule has 162 valence electrons. The summed E-state index contributed by atoms with van der Waals surface area (Å²) < 4.78 is 4.92.